The van der Waals surface area contributed by atoms with Gasteiger partial charge in [-0.15, -0.1) is 0 Å². The zero-order valence-electron chi connectivity index (χ0n) is 7.00. The second kappa shape index (κ2) is 2.98. The van der Waals surface area contributed by atoms with Gasteiger partial charge < -0.3 is 5.73 Å². The van der Waals surface area contributed by atoms with E-state index in [1.54, 1.807) is 0 Å². The Balaban J connectivity index is 2.08. The normalized spacial score (nSPS) is 43.5. The standard InChI is InChI=1S/C10H17N/c11-10-7-3-5-8-4-1-2-6-9(8)10/h1,4,8-10H,2-3,5-7,11H2. The lowest BCUT2D eigenvalue weighted by molar-refractivity contribution is 0.223. The highest BCUT2D eigenvalue weighted by molar-refractivity contribution is 5.01. The number of hydrogen-bond acceptors (Lipinski definition) is 1. The smallest absolute Gasteiger partial charge is 0.00728 e. The van der Waals surface area contributed by atoms with E-state index in [0.29, 0.717) is 6.04 Å². The molecule has 0 aliphatic heterocycles. The van der Waals surface area contributed by atoms with Crippen LogP contribution in [0.2, 0.25) is 0 Å². The fraction of sp³-hybridized carbons (Fsp3) is 0.800. The van der Waals surface area contributed by atoms with Crippen molar-refractivity contribution in [1.82, 2.24) is 0 Å². The monoisotopic (exact) mass is 151 g/mol. The van der Waals surface area contributed by atoms with Crippen LogP contribution in [0.4, 0.5) is 0 Å². The van der Waals surface area contributed by atoms with Crippen molar-refractivity contribution in [2.45, 2.75) is 38.1 Å². The van der Waals surface area contributed by atoms with Gasteiger partial charge in [-0.05, 0) is 37.5 Å². The van der Waals surface area contributed by atoms with Crippen molar-refractivity contribution in [3.63, 3.8) is 0 Å². The summed E-state index contributed by atoms with van der Waals surface area (Å²) in [5.74, 6) is 1.64. The average molecular weight is 151 g/mol. The van der Waals surface area contributed by atoms with Crippen LogP contribution < -0.4 is 5.73 Å². The number of fused-ring (bicyclic) bond motifs is 1. The lowest BCUT2D eigenvalue weighted by Crippen LogP contribution is -2.38. The van der Waals surface area contributed by atoms with E-state index in [1.807, 2.05) is 0 Å². The molecule has 1 saturated carbocycles. The zero-order chi connectivity index (χ0) is 7.68. The van der Waals surface area contributed by atoms with E-state index in [-0.39, 0.29) is 0 Å². The Morgan fingerprint density at radius 3 is 2.91 bits per heavy atom. The molecule has 0 aromatic carbocycles. The Morgan fingerprint density at radius 1 is 1.18 bits per heavy atom. The summed E-state index contributed by atoms with van der Waals surface area (Å²) < 4.78 is 0. The number of nitrogens with two attached hydrogens (primary N) is 1. The number of rotatable bonds is 0. The maximum atomic E-state index is 6.06. The van der Waals surface area contributed by atoms with Gasteiger partial charge in [0.1, 0.15) is 0 Å². The molecule has 2 N–H and O–H groups in total. The summed E-state index contributed by atoms with van der Waals surface area (Å²) in [5, 5.41) is 0. The topological polar surface area (TPSA) is 26.0 Å². The van der Waals surface area contributed by atoms with Crippen LogP contribution >= 0.6 is 0 Å². The Labute approximate surface area is 68.7 Å². The highest BCUT2D eigenvalue weighted by atomic mass is 14.7. The summed E-state index contributed by atoms with van der Waals surface area (Å²) in [6.07, 6.45) is 11.3. The van der Waals surface area contributed by atoms with Gasteiger partial charge in [-0.3, -0.25) is 0 Å². The summed E-state index contributed by atoms with van der Waals surface area (Å²) >= 11 is 0. The molecule has 3 atom stereocenters. The van der Waals surface area contributed by atoms with Gasteiger partial charge in [0.2, 0.25) is 0 Å². The van der Waals surface area contributed by atoms with Crippen LogP contribution in [-0.2, 0) is 0 Å². The fourth-order valence-corrected chi connectivity index (χ4v) is 2.56. The first-order valence-corrected chi connectivity index (χ1v) is 4.80. The molecule has 0 spiro atoms. The predicted octanol–water partition coefficient (Wildman–Crippen LogP) is 2.08. The molecule has 1 fully saturated rings. The van der Waals surface area contributed by atoms with Crippen LogP contribution in [0.1, 0.15) is 32.1 Å². The minimum atomic E-state index is 0.499. The molecule has 0 amide bonds. The molecular weight excluding hydrogens is 134 g/mol. The minimum absolute atomic E-state index is 0.499. The van der Waals surface area contributed by atoms with Crippen molar-refractivity contribution in [2.24, 2.45) is 17.6 Å². The average Bonchev–Trinajstić information content (AvgIpc) is 2.06. The van der Waals surface area contributed by atoms with Crippen LogP contribution in [-0.4, -0.2) is 6.04 Å². The molecule has 0 bridgehead atoms. The number of hydrogen-bond donors (Lipinski definition) is 1. The lowest BCUT2D eigenvalue weighted by Gasteiger charge is -2.36. The van der Waals surface area contributed by atoms with Gasteiger partial charge in [0.15, 0.2) is 0 Å². The molecule has 0 aromatic heterocycles. The van der Waals surface area contributed by atoms with E-state index in [2.05, 4.69) is 12.2 Å². The highest BCUT2D eigenvalue weighted by Crippen LogP contribution is 2.36. The van der Waals surface area contributed by atoms with Crippen LogP contribution in [0.3, 0.4) is 0 Å². The third-order valence-electron chi connectivity index (χ3n) is 3.22. The molecule has 0 radical (unpaired) electrons. The molecule has 11 heavy (non-hydrogen) atoms. The van der Waals surface area contributed by atoms with E-state index >= 15 is 0 Å². The van der Waals surface area contributed by atoms with Gasteiger partial charge in [-0.25, -0.2) is 0 Å². The van der Waals surface area contributed by atoms with Gasteiger partial charge in [-0.2, -0.15) is 0 Å². The molecule has 0 aromatic rings. The summed E-state index contributed by atoms with van der Waals surface area (Å²) in [7, 11) is 0. The second-order valence-electron chi connectivity index (χ2n) is 3.93. The summed E-state index contributed by atoms with van der Waals surface area (Å²) in [5.41, 5.74) is 6.06. The van der Waals surface area contributed by atoms with Crippen molar-refractivity contribution in [2.75, 3.05) is 0 Å². The molecule has 62 valence electrons. The van der Waals surface area contributed by atoms with Crippen LogP contribution in [0.15, 0.2) is 12.2 Å². The Morgan fingerprint density at radius 2 is 2.09 bits per heavy atom. The van der Waals surface area contributed by atoms with E-state index in [1.165, 1.54) is 32.1 Å². The molecule has 1 heteroatoms. The minimum Gasteiger partial charge on any atom is -0.327 e. The number of allylic oxidation sites excluding steroid dienone is 2. The van der Waals surface area contributed by atoms with Crippen molar-refractivity contribution in [1.29, 1.82) is 0 Å². The first kappa shape index (κ1) is 7.35. The molecule has 0 saturated heterocycles. The van der Waals surface area contributed by atoms with E-state index < -0.39 is 0 Å². The maximum absolute atomic E-state index is 6.06. The third-order valence-corrected chi connectivity index (χ3v) is 3.22. The van der Waals surface area contributed by atoms with Crippen molar-refractivity contribution in [3.8, 4) is 0 Å². The molecule has 2 aliphatic rings. The highest BCUT2D eigenvalue weighted by Gasteiger charge is 2.30. The molecule has 1 nitrogen and oxygen atoms in total. The Kier molecular flexibility index (Phi) is 1.99. The van der Waals surface area contributed by atoms with Gasteiger partial charge in [0, 0.05) is 6.04 Å². The van der Waals surface area contributed by atoms with Crippen molar-refractivity contribution in [3.05, 3.63) is 12.2 Å². The first-order chi connectivity index (χ1) is 5.38. The molecule has 0 heterocycles. The second-order valence-corrected chi connectivity index (χ2v) is 3.93. The molecule has 2 rings (SSSR count). The van der Waals surface area contributed by atoms with Crippen molar-refractivity contribution >= 4 is 0 Å². The van der Waals surface area contributed by atoms with Gasteiger partial charge in [0.05, 0.1) is 0 Å². The fourth-order valence-electron chi connectivity index (χ4n) is 2.56. The van der Waals surface area contributed by atoms with Crippen LogP contribution in [0, 0.1) is 11.8 Å². The third kappa shape index (κ3) is 1.34. The van der Waals surface area contributed by atoms with Gasteiger partial charge >= 0.3 is 0 Å². The Bertz CT molecular complexity index is 162. The SMILES string of the molecule is NC1CCCC2C=CCCC12. The van der Waals surface area contributed by atoms with Gasteiger partial charge in [0.25, 0.3) is 0 Å². The van der Waals surface area contributed by atoms with E-state index in [0.717, 1.165) is 11.8 Å². The predicted molar refractivity (Wildman–Crippen MR) is 47.2 cm³/mol. The van der Waals surface area contributed by atoms with Crippen LogP contribution in [0.5, 0.6) is 0 Å². The first-order valence-electron chi connectivity index (χ1n) is 4.80. The summed E-state index contributed by atoms with van der Waals surface area (Å²) in [6.45, 7) is 0. The van der Waals surface area contributed by atoms with Crippen LogP contribution in [0.25, 0.3) is 0 Å². The zero-order valence-corrected chi connectivity index (χ0v) is 7.00. The van der Waals surface area contributed by atoms with E-state index in [4.69, 9.17) is 5.73 Å². The molecule has 2 aliphatic carbocycles. The molecular formula is C10H17N. The maximum Gasteiger partial charge on any atom is 0.00728 e. The largest absolute Gasteiger partial charge is 0.327 e. The molecule has 3 unspecified atom stereocenters. The van der Waals surface area contributed by atoms with Gasteiger partial charge in [-0.1, -0.05) is 18.6 Å². The summed E-state index contributed by atoms with van der Waals surface area (Å²) in [4.78, 5) is 0. The van der Waals surface area contributed by atoms with Crippen molar-refractivity contribution < 1.29 is 0 Å². The Hall–Kier alpha value is -0.300. The van der Waals surface area contributed by atoms with E-state index in [9.17, 15) is 0 Å². The quantitative estimate of drug-likeness (QED) is 0.527. The summed E-state index contributed by atoms with van der Waals surface area (Å²) in [6, 6.07) is 0.499. The lowest BCUT2D eigenvalue weighted by atomic mass is 9.72.